The lowest BCUT2D eigenvalue weighted by atomic mass is 9.85. The quantitative estimate of drug-likeness (QED) is 0.518. The molecule has 0 spiro atoms. The lowest BCUT2D eigenvalue weighted by Crippen LogP contribution is -2.38. The summed E-state index contributed by atoms with van der Waals surface area (Å²) in [5.74, 6) is 1.47. The number of hydrogen-bond acceptors (Lipinski definition) is 4. The smallest absolute Gasteiger partial charge is 0.233 e. The van der Waals surface area contributed by atoms with Crippen LogP contribution in [-0.4, -0.2) is 45.5 Å². The van der Waals surface area contributed by atoms with Gasteiger partial charge in [0.15, 0.2) is 0 Å². The molecule has 160 valence electrons. The fourth-order valence-corrected chi connectivity index (χ4v) is 6.87. The molecule has 6 unspecified atom stereocenters. The van der Waals surface area contributed by atoms with E-state index in [0.717, 1.165) is 12.8 Å². The highest BCUT2D eigenvalue weighted by atomic mass is 16.2. The van der Waals surface area contributed by atoms with Crippen LogP contribution in [0.2, 0.25) is 0 Å². The largest absolute Gasteiger partial charge is 0.280 e. The number of imide groups is 2. The number of likely N-dealkylation sites (tertiary alicyclic amines) is 2. The molecule has 6 rings (SSSR count). The van der Waals surface area contributed by atoms with Gasteiger partial charge in [0.25, 0.3) is 0 Å². The summed E-state index contributed by atoms with van der Waals surface area (Å²) in [5.41, 5.74) is 0. The minimum absolute atomic E-state index is 0.00926. The lowest BCUT2D eigenvalue weighted by molar-refractivity contribution is -0.144. The molecule has 4 fully saturated rings. The number of fused-ring (bicyclic) bond motifs is 10. The molecule has 4 aliphatic carbocycles. The van der Waals surface area contributed by atoms with Crippen LogP contribution in [0.5, 0.6) is 0 Å². The van der Waals surface area contributed by atoms with Gasteiger partial charge in [0.05, 0.1) is 23.7 Å². The maximum Gasteiger partial charge on any atom is 0.233 e. The van der Waals surface area contributed by atoms with Crippen molar-refractivity contribution in [2.75, 3.05) is 0 Å². The number of allylic oxidation sites excluding steroid dienone is 4. The highest BCUT2D eigenvalue weighted by Gasteiger charge is 2.60. The van der Waals surface area contributed by atoms with Crippen molar-refractivity contribution in [2.45, 2.75) is 52.6 Å². The van der Waals surface area contributed by atoms with Crippen LogP contribution in [0.3, 0.4) is 0 Å². The van der Waals surface area contributed by atoms with E-state index in [1.165, 1.54) is 9.80 Å². The summed E-state index contributed by atoms with van der Waals surface area (Å²) in [4.78, 5) is 51.3. The summed E-state index contributed by atoms with van der Waals surface area (Å²) in [5, 5.41) is 0. The van der Waals surface area contributed by atoms with E-state index in [1.807, 2.05) is 27.7 Å². The molecule has 4 amide bonds. The molecule has 0 radical (unpaired) electrons. The normalized spacial score (nSPS) is 42.2. The van der Waals surface area contributed by atoms with E-state index < -0.39 is 0 Å². The van der Waals surface area contributed by atoms with Gasteiger partial charge in [-0.25, -0.2) is 0 Å². The van der Waals surface area contributed by atoms with Crippen molar-refractivity contribution in [3.8, 4) is 0 Å². The molecular formula is C24H30N2O4. The molecule has 2 aliphatic heterocycles. The van der Waals surface area contributed by atoms with Crippen LogP contribution in [0, 0.1) is 47.3 Å². The Hall–Kier alpha value is -2.24. The molecule has 0 aromatic heterocycles. The number of carbonyl (C=O) groups excluding carboxylic acids is 4. The summed E-state index contributed by atoms with van der Waals surface area (Å²) in [7, 11) is 0. The van der Waals surface area contributed by atoms with E-state index in [4.69, 9.17) is 0 Å². The molecule has 30 heavy (non-hydrogen) atoms. The monoisotopic (exact) mass is 410 g/mol. The van der Waals surface area contributed by atoms with Gasteiger partial charge in [-0.3, -0.25) is 29.0 Å². The van der Waals surface area contributed by atoms with E-state index in [2.05, 4.69) is 24.3 Å². The van der Waals surface area contributed by atoms with Gasteiger partial charge in [-0.2, -0.15) is 0 Å². The van der Waals surface area contributed by atoms with Crippen LogP contribution < -0.4 is 0 Å². The Morgan fingerprint density at radius 1 is 0.567 bits per heavy atom. The van der Waals surface area contributed by atoms with Crippen LogP contribution in [0.15, 0.2) is 24.3 Å². The second-order valence-electron chi connectivity index (χ2n) is 10.3. The van der Waals surface area contributed by atoms with Crippen LogP contribution in [0.25, 0.3) is 0 Å². The first-order valence-electron chi connectivity index (χ1n) is 11.3. The maximum absolute atomic E-state index is 12.1. The molecule has 0 aromatic rings. The molecule has 4 bridgehead atoms. The average Bonchev–Trinajstić information content (AvgIpc) is 3.48. The first-order chi connectivity index (χ1) is 14.2. The van der Waals surface area contributed by atoms with Crippen molar-refractivity contribution in [1.82, 2.24) is 9.80 Å². The number of amides is 4. The fourth-order valence-electron chi connectivity index (χ4n) is 6.87. The zero-order chi connectivity index (χ0) is 21.5. The van der Waals surface area contributed by atoms with Crippen molar-refractivity contribution in [1.29, 1.82) is 0 Å². The van der Waals surface area contributed by atoms with Gasteiger partial charge in [-0.05, 0) is 64.2 Å². The van der Waals surface area contributed by atoms with Crippen molar-refractivity contribution >= 4 is 23.6 Å². The predicted molar refractivity (Wildman–Crippen MR) is 109 cm³/mol. The standard InChI is InChI=1S/2C12H15NO2/c2*1-6(2)13-11(14)9-7-3-4-8(5-7)10(9)12(13)15/h2*3-4,6-10H,5H2,1-2H3/t7?,8?,9-,10+;. The van der Waals surface area contributed by atoms with E-state index in [0.29, 0.717) is 23.7 Å². The van der Waals surface area contributed by atoms with Crippen LogP contribution in [-0.2, 0) is 19.2 Å². The van der Waals surface area contributed by atoms with E-state index >= 15 is 0 Å². The third kappa shape index (κ3) is 2.48. The molecule has 2 heterocycles. The van der Waals surface area contributed by atoms with Crippen molar-refractivity contribution < 1.29 is 19.2 Å². The van der Waals surface area contributed by atoms with Crippen molar-refractivity contribution in [3.63, 3.8) is 0 Å². The Kier molecular flexibility index (Phi) is 4.35. The zero-order valence-corrected chi connectivity index (χ0v) is 18.0. The Morgan fingerprint density at radius 3 is 1.00 bits per heavy atom. The average molecular weight is 411 g/mol. The topological polar surface area (TPSA) is 74.8 Å². The van der Waals surface area contributed by atoms with Gasteiger partial charge in [0, 0.05) is 12.1 Å². The third-order valence-corrected chi connectivity index (χ3v) is 8.04. The molecule has 6 aliphatic rings. The molecule has 0 N–H and O–H groups in total. The first-order valence-corrected chi connectivity index (χ1v) is 11.3. The Labute approximate surface area is 177 Å². The fraction of sp³-hybridized carbons (Fsp3) is 0.667. The molecule has 0 aromatic carbocycles. The zero-order valence-electron chi connectivity index (χ0n) is 18.0. The Morgan fingerprint density at radius 2 is 0.800 bits per heavy atom. The van der Waals surface area contributed by atoms with E-state index in [1.54, 1.807) is 0 Å². The predicted octanol–water partition coefficient (Wildman–Crippen LogP) is 2.40. The summed E-state index contributed by atoms with van der Waals surface area (Å²) in [6.07, 6.45) is 10.5. The van der Waals surface area contributed by atoms with E-state index in [9.17, 15) is 19.2 Å². The molecule has 8 atom stereocenters. The van der Waals surface area contributed by atoms with Crippen LogP contribution >= 0.6 is 0 Å². The van der Waals surface area contributed by atoms with Gasteiger partial charge in [0.1, 0.15) is 0 Å². The molecular weight excluding hydrogens is 380 g/mol. The van der Waals surface area contributed by atoms with Crippen molar-refractivity contribution in [3.05, 3.63) is 24.3 Å². The molecule has 6 nitrogen and oxygen atoms in total. The Balaban J connectivity index is 0.000000128. The first kappa shape index (κ1) is 19.7. The van der Waals surface area contributed by atoms with Crippen LogP contribution in [0.4, 0.5) is 0 Å². The van der Waals surface area contributed by atoms with Gasteiger partial charge < -0.3 is 0 Å². The minimum Gasteiger partial charge on any atom is -0.280 e. The summed E-state index contributed by atoms with van der Waals surface area (Å²) < 4.78 is 0. The summed E-state index contributed by atoms with van der Waals surface area (Å²) in [6.45, 7) is 7.64. The lowest BCUT2D eigenvalue weighted by Gasteiger charge is -2.20. The van der Waals surface area contributed by atoms with Crippen LogP contribution in [0.1, 0.15) is 40.5 Å². The number of rotatable bonds is 2. The number of carbonyl (C=O) groups is 4. The molecule has 6 heteroatoms. The molecule has 2 saturated carbocycles. The minimum atomic E-state index is -0.0325. The number of nitrogens with zero attached hydrogens (tertiary/aromatic N) is 2. The second-order valence-corrected chi connectivity index (χ2v) is 10.3. The van der Waals surface area contributed by atoms with E-state index in [-0.39, 0.29) is 59.4 Å². The van der Waals surface area contributed by atoms with Gasteiger partial charge in [-0.15, -0.1) is 0 Å². The Bertz CT molecular complexity index is 756. The summed E-state index contributed by atoms with van der Waals surface area (Å²) >= 11 is 0. The SMILES string of the molecule is CC(C)N1C(=O)C2C3C=CC(C3)C2C1=O.CC(C)N1C(=O)[C@@H]2C3C=CC(C3)[C@@H]2C1=O. The van der Waals surface area contributed by atoms with Gasteiger partial charge in [-0.1, -0.05) is 24.3 Å². The van der Waals surface area contributed by atoms with Crippen molar-refractivity contribution in [2.24, 2.45) is 47.3 Å². The highest BCUT2D eigenvalue weighted by Crippen LogP contribution is 2.53. The number of hydrogen-bond donors (Lipinski definition) is 0. The maximum atomic E-state index is 12.1. The summed E-state index contributed by atoms with van der Waals surface area (Å²) in [6, 6.07) is 0.0185. The van der Waals surface area contributed by atoms with Gasteiger partial charge in [0.2, 0.25) is 23.6 Å². The second kappa shape index (κ2) is 6.63. The van der Waals surface area contributed by atoms with Gasteiger partial charge >= 0.3 is 0 Å². The third-order valence-electron chi connectivity index (χ3n) is 8.04. The highest BCUT2D eigenvalue weighted by molar-refractivity contribution is 6.07. The molecule has 2 saturated heterocycles.